The molecule has 1 saturated heterocycles. The average Bonchev–Trinajstić information content (AvgIpc) is 2.93. The number of likely N-dealkylation sites (N-methyl/N-ethyl adjacent to an activating group) is 1. The smallest absolute Gasteiger partial charge is 0.526 e. The van der Waals surface area contributed by atoms with Crippen LogP contribution < -0.4 is 9.97 Å². The number of para-hydroxylation sites is 1. The summed E-state index contributed by atoms with van der Waals surface area (Å²) in [4.78, 5) is 64.9. The van der Waals surface area contributed by atoms with Crippen molar-refractivity contribution in [3.05, 3.63) is 65.2 Å². The number of carboxylic acids is 1. The van der Waals surface area contributed by atoms with Gasteiger partial charge in [0.2, 0.25) is 0 Å². The molecule has 3 atom stereocenters. The van der Waals surface area contributed by atoms with Crippen LogP contribution in [0.5, 0.6) is 5.75 Å². The Hall–Kier alpha value is -4.23. The number of hydrogen-bond acceptors (Lipinski definition) is 8. The van der Waals surface area contributed by atoms with Crippen molar-refractivity contribution in [2.24, 2.45) is 0 Å². The van der Waals surface area contributed by atoms with Gasteiger partial charge in [0.05, 0.1) is 5.56 Å². The zero-order valence-electron chi connectivity index (χ0n) is 21.1. The van der Waals surface area contributed by atoms with Crippen LogP contribution in [0.2, 0.25) is 5.82 Å². The number of carboxylic acid groups (broad SMARTS) is 1. The van der Waals surface area contributed by atoms with Crippen LogP contribution in [-0.2, 0) is 20.8 Å². The van der Waals surface area contributed by atoms with E-state index in [0.717, 1.165) is 0 Å². The number of hydrogen-bond donors (Lipinski definition) is 4. The van der Waals surface area contributed by atoms with Crippen molar-refractivity contribution in [1.29, 1.82) is 0 Å². The maximum absolute atomic E-state index is 13.5. The average molecular weight is 537 g/mol. The number of fused-ring (bicyclic) bond motifs is 1. The van der Waals surface area contributed by atoms with Crippen LogP contribution in [0.25, 0.3) is 0 Å². The number of nitrogens with zero attached hydrogens (tertiary/aromatic N) is 2. The molecule has 204 valence electrons. The predicted octanol–water partition coefficient (Wildman–Crippen LogP) is 0.632. The lowest BCUT2D eigenvalue weighted by atomic mass is 9.64. The molecule has 1 unspecified atom stereocenters. The highest BCUT2D eigenvalue weighted by Crippen LogP contribution is 2.37. The molecule has 0 radical (unpaired) electrons. The predicted molar refractivity (Wildman–Crippen MR) is 137 cm³/mol. The molecule has 13 heteroatoms. The van der Waals surface area contributed by atoms with Crippen molar-refractivity contribution in [3.8, 4) is 5.75 Å². The largest absolute Gasteiger partial charge is 0.535 e. The van der Waals surface area contributed by atoms with E-state index < -0.39 is 54.7 Å². The third-order valence-electron chi connectivity index (χ3n) is 6.93. The number of carbonyl (C=O) groups is 5. The van der Waals surface area contributed by atoms with Gasteiger partial charge in [-0.05, 0) is 30.5 Å². The summed E-state index contributed by atoms with van der Waals surface area (Å²) in [6.07, 6.45) is -1.74. The van der Waals surface area contributed by atoms with Crippen molar-refractivity contribution in [3.63, 3.8) is 0 Å². The van der Waals surface area contributed by atoms with E-state index in [-0.39, 0.29) is 37.2 Å². The van der Waals surface area contributed by atoms with E-state index in [4.69, 9.17) is 4.65 Å². The topological polar surface area (TPSA) is 174 Å². The lowest BCUT2D eigenvalue weighted by Crippen LogP contribution is -2.60. The van der Waals surface area contributed by atoms with E-state index in [2.05, 4.69) is 5.32 Å². The zero-order valence-corrected chi connectivity index (χ0v) is 21.1. The second kappa shape index (κ2) is 11.7. The van der Waals surface area contributed by atoms with E-state index in [9.17, 15) is 39.2 Å². The minimum absolute atomic E-state index is 0.0183. The van der Waals surface area contributed by atoms with Crippen molar-refractivity contribution < 1.29 is 43.9 Å². The summed E-state index contributed by atoms with van der Waals surface area (Å²) >= 11 is 0. The number of aliphatic hydroxyl groups excluding tert-OH is 1. The Morgan fingerprint density at radius 2 is 1.79 bits per heavy atom. The summed E-state index contributed by atoms with van der Waals surface area (Å²) in [6, 6.07) is 10.1. The van der Waals surface area contributed by atoms with Crippen LogP contribution in [0.3, 0.4) is 0 Å². The molecule has 39 heavy (non-hydrogen) atoms. The Morgan fingerprint density at radius 1 is 1.08 bits per heavy atom. The number of carbonyl (C=O) groups excluding carboxylic acids is 4. The molecule has 2 aliphatic rings. The Bertz CT molecular complexity index is 1290. The van der Waals surface area contributed by atoms with Gasteiger partial charge in [0.25, 0.3) is 0 Å². The number of imide groups is 1. The molecule has 0 saturated carbocycles. The van der Waals surface area contributed by atoms with Crippen LogP contribution in [0, 0.1) is 0 Å². The van der Waals surface area contributed by atoms with Crippen LogP contribution in [0.1, 0.15) is 40.9 Å². The van der Waals surface area contributed by atoms with Crippen molar-refractivity contribution in [2.45, 2.75) is 37.7 Å². The van der Waals surface area contributed by atoms with Gasteiger partial charge in [0.15, 0.2) is 5.78 Å². The third-order valence-corrected chi connectivity index (χ3v) is 6.93. The summed E-state index contributed by atoms with van der Waals surface area (Å²) in [6.45, 7) is 2.06. The Morgan fingerprint density at radius 3 is 2.46 bits per heavy atom. The summed E-state index contributed by atoms with van der Waals surface area (Å²) in [5.74, 6) is -4.56. The van der Waals surface area contributed by atoms with E-state index >= 15 is 0 Å². The van der Waals surface area contributed by atoms with Gasteiger partial charge in [-0.3, -0.25) is 19.3 Å². The molecule has 4 amide bonds. The summed E-state index contributed by atoms with van der Waals surface area (Å²) in [5.41, 5.74) is 0.690. The number of aliphatic hydroxyl groups is 1. The first kappa shape index (κ1) is 27.8. The number of ketones is 1. The van der Waals surface area contributed by atoms with Gasteiger partial charge in [-0.2, -0.15) is 0 Å². The first-order valence-corrected chi connectivity index (χ1v) is 12.5. The molecule has 1 fully saturated rings. The van der Waals surface area contributed by atoms with Gasteiger partial charge in [-0.15, -0.1) is 0 Å². The molecular formula is C26H28BN3O9. The van der Waals surface area contributed by atoms with Gasteiger partial charge in [-0.1, -0.05) is 42.5 Å². The normalized spacial score (nSPS) is 18.6. The van der Waals surface area contributed by atoms with Gasteiger partial charge in [0, 0.05) is 31.9 Å². The zero-order chi connectivity index (χ0) is 28.3. The molecular weight excluding hydrogens is 509 g/mol. The SMILES string of the molecule is CCN1CCN(C(=O)N[C@H](C(=O)C[C@H]2Cc3cccc(C(=O)O)c3OB2O)C(O)c2ccccc2)C(=O)C1=O. The number of aromatic carboxylic acids is 1. The van der Waals surface area contributed by atoms with Crippen molar-refractivity contribution >= 4 is 36.7 Å². The van der Waals surface area contributed by atoms with E-state index in [1.54, 1.807) is 43.3 Å². The highest BCUT2D eigenvalue weighted by Gasteiger charge is 2.42. The first-order valence-electron chi connectivity index (χ1n) is 12.5. The van der Waals surface area contributed by atoms with Gasteiger partial charge in [0.1, 0.15) is 17.9 Å². The highest BCUT2D eigenvalue weighted by molar-refractivity contribution is 6.47. The van der Waals surface area contributed by atoms with E-state index in [1.165, 1.54) is 17.0 Å². The standard InChI is InChI=1S/C26H28BN3O9/c1-2-29-11-12-30(24(34)23(29)33)26(37)28-20(21(32)15-7-4-3-5-8-15)19(31)14-17-13-16-9-6-10-18(25(35)36)22(16)39-27(17)38/h3-10,17,20-21,32,38H,2,11-14H2,1H3,(H,28,37)(H,35,36)/t17-,20-,21?/m1/s1. The second-order valence-electron chi connectivity index (χ2n) is 9.37. The van der Waals surface area contributed by atoms with Crippen molar-refractivity contribution in [1.82, 2.24) is 15.1 Å². The lowest BCUT2D eigenvalue weighted by molar-refractivity contribution is -0.153. The molecule has 0 spiro atoms. The fraction of sp³-hybridized carbons (Fsp3) is 0.346. The highest BCUT2D eigenvalue weighted by atomic mass is 16.5. The fourth-order valence-corrected chi connectivity index (χ4v) is 4.77. The van der Waals surface area contributed by atoms with Gasteiger partial charge < -0.3 is 30.1 Å². The summed E-state index contributed by atoms with van der Waals surface area (Å²) in [7, 11) is -1.52. The number of amides is 4. The number of benzene rings is 2. The van der Waals surface area contributed by atoms with Crippen LogP contribution in [0.15, 0.2) is 48.5 Å². The third kappa shape index (κ3) is 5.79. The molecule has 0 aliphatic carbocycles. The van der Waals surface area contributed by atoms with E-state index in [1.807, 2.05) is 0 Å². The van der Waals surface area contributed by atoms with Gasteiger partial charge in [-0.25, -0.2) is 9.59 Å². The fourth-order valence-electron chi connectivity index (χ4n) is 4.77. The number of piperazine rings is 1. The van der Waals surface area contributed by atoms with Gasteiger partial charge >= 0.3 is 30.9 Å². The molecule has 4 N–H and O–H groups in total. The van der Waals surface area contributed by atoms with Crippen LogP contribution in [-0.4, -0.2) is 87.4 Å². The van der Waals surface area contributed by atoms with Crippen molar-refractivity contribution in [2.75, 3.05) is 19.6 Å². The molecule has 12 nitrogen and oxygen atoms in total. The molecule has 2 heterocycles. The van der Waals surface area contributed by atoms with E-state index in [0.29, 0.717) is 22.6 Å². The molecule has 0 bridgehead atoms. The number of rotatable bonds is 8. The maximum atomic E-state index is 13.5. The molecule has 2 aromatic carbocycles. The molecule has 0 aromatic heterocycles. The lowest BCUT2D eigenvalue weighted by Gasteiger charge is -2.34. The number of urea groups is 1. The quantitative estimate of drug-likeness (QED) is 0.278. The summed E-state index contributed by atoms with van der Waals surface area (Å²) in [5, 5.41) is 33.5. The minimum atomic E-state index is -1.52. The first-order chi connectivity index (χ1) is 18.6. The molecule has 2 aliphatic heterocycles. The second-order valence-corrected chi connectivity index (χ2v) is 9.37. The summed E-state index contributed by atoms with van der Waals surface area (Å²) < 4.78 is 5.46. The Balaban J connectivity index is 1.55. The van der Waals surface area contributed by atoms with Crippen LogP contribution >= 0.6 is 0 Å². The molecule has 2 aromatic rings. The monoisotopic (exact) mass is 537 g/mol. The number of nitrogens with one attached hydrogen (secondary N) is 1. The minimum Gasteiger partial charge on any atom is -0.535 e. The molecule has 4 rings (SSSR count). The van der Waals surface area contributed by atoms with Crippen LogP contribution in [0.4, 0.5) is 4.79 Å². The number of Topliss-reactive ketones (excluding diaryl/α,β-unsaturated/α-hetero) is 1. The maximum Gasteiger partial charge on any atom is 0.526 e. The Kier molecular flexibility index (Phi) is 8.31. The Labute approximate surface area is 224 Å².